The SMILES string of the molecule is c1cc(-c2ccc3ccccc3c2)cc(N(c2ccc(-c3cccc4sc5ccccc5c34)cc2)c2ccccc2-c2cc3ccccc3c3ccccc23)c1. The lowest BCUT2D eigenvalue weighted by Crippen LogP contribution is -2.11. The summed E-state index contributed by atoms with van der Waals surface area (Å²) in [7, 11) is 0. The maximum Gasteiger partial charge on any atom is 0.0540 e. The molecule has 262 valence electrons. The summed E-state index contributed by atoms with van der Waals surface area (Å²) < 4.78 is 2.64. The Hall–Kier alpha value is -7.00. The molecule has 1 aromatic heterocycles. The van der Waals surface area contributed by atoms with Gasteiger partial charge in [0.1, 0.15) is 0 Å². The van der Waals surface area contributed by atoms with Crippen molar-refractivity contribution >= 4 is 80.9 Å². The first-order valence-electron chi connectivity index (χ1n) is 19.2. The van der Waals surface area contributed by atoms with Gasteiger partial charge in [0, 0.05) is 37.1 Å². The highest BCUT2D eigenvalue weighted by Crippen LogP contribution is 2.46. The largest absolute Gasteiger partial charge is 0.310 e. The Labute approximate surface area is 330 Å². The van der Waals surface area contributed by atoms with E-state index in [1.807, 2.05) is 11.3 Å². The van der Waals surface area contributed by atoms with Gasteiger partial charge >= 0.3 is 0 Å². The normalized spacial score (nSPS) is 11.6. The van der Waals surface area contributed by atoms with Crippen molar-refractivity contribution in [3.63, 3.8) is 0 Å². The predicted octanol–water partition coefficient (Wildman–Crippen LogP) is 16.0. The zero-order valence-corrected chi connectivity index (χ0v) is 31.4. The molecule has 0 atom stereocenters. The van der Waals surface area contributed by atoms with Crippen molar-refractivity contribution in [1.29, 1.82) is 0 Å². The summed E-state index contributed by atoms with van der Waals surface area (Å²) in [6.07, 6.45) is 0. The number of thiophene rings is 1. The maximum absolute atomic E-state index is 2.44. The molecule has 0 bridgehead atoms. The second-order valence-electron chi connectivity index (χ2n) is 14.5. The fraction of sp³-hybridized carbons (Fsp3) is 0. The molecule has 1 heterocycles. The average Bonchev–Trinajstić information content (AvgIpc) is 3.66. The third-order valence-electron chi connectivity index (χ3n) is 11.2. The van der Waals surface area contributed by atoms with Crippen molar-refractivity contribution in [2.45, 2.75) is 0 Å². The Morgan fingerprint density at radius 3 is 1.80 bits per heavy atom. The summed E-state index contributed by atoms with van der Waals surface area (Å²) in [6, 6.07) is 77.8. The quantitative estimate of drug-likeness (QED) is 0.154. The fourth-order valence-electron chi connectivity index (χ4n) is 8.60. The van der Waals surface area contributed by atoms with Crippen molar-refractivity contribution in [2.24, 2.45) is 0 Å². The van der Waals surface area contributed by atoms with Gasteiger partial charge in [-0.2, -0.15) is 0 Å². The molecule has 0 spiro atoms. The molecule has 56 heavy (non-hydrogen) atoms. The van der Waals surface area contributed by atoms with Crippen LogP contribution in [0.3, 0.4) is 0 Å². The highest BCUT2D eigenvalue weighted by atomic mass is 32.1. The van der Waals surface area contributed by atoms with Gasteiger partial charge in [-0.25, -0.2) is 0 Å². The average molecular weight is 730 g/mol. The molecule has 0 saturated carbocycles. The lowest BCUT2D eigenvalue weighted by molar-refractivity contribution is 1.28. The molecule has 11 aromatic rings. The Balaban J connectivity index is 1.11. The molecule has 0 amide bonds. The molecule has 10 aromatic carbocycles. The van der Waals surface area contributed by atoms with E-state index in [1.54, 1.807) is 0 Å². The zero-order valence-electron chi connectivity index (χ0n) is 30.6. The van der Waals surface area contributed by atoms with E-state index >= 15 is 0 Å². The molecule has 0 aliphatic rings. The third kappa shape index (κ3) is 5.46. The van der Waals surface area contributed by atoms with E-state index < -0.39 is 0 Å². The number of nitrogens with zero attached hydrogens (tertiary/aromatic N) is 1. The standard InChI is InChI=1S/C54H35NS/c1-2-14-38-33-40(28-27-36(38)13-1)39-16-11-17-43(34-39)55(42-31-29-37(30-32-42)45-23-12-26-53-54(45)49-22-8-10-25-52(49)56-53)51-24-9-7-21-48(51)50-35-41-15-3-4-18-44(41)46-19-5-6-20-47(46)50/h1-35H. The number of hydrogen-bond donors (Lipinski definition) is 0. The molecular formula is C54H35NS. The monoisotopic (exact) mass is 729 g/mol. The lowest BCUT2D eigenvalue weighted by Gasteiger charge is -2.29. The van der Waals surface area contributed by atoms with Crippen LogP contribution in [0.1, 0.15) is 0 Å². The van der Waals surface area contributed by atoms with Crippen molar-refractivity contribution in [3.8, 4) is 33.4 Å². The van der Waals surface area contributed by atoms with E-state index in [0.717, 1.165) is 17.1 Å². The van der Waals surface area contributed by atoms with Crippen LogP contribution >= 0.6 is 11.3 Å². The van der Waals surface area contributed by atoms with E-state index in [2.05, 4.69) is 217 Å². The van der Waals surface area contributed by atoms with Gasteiger partial charge in [0.2, 0.25) is 0 Å². The van der Waals surface area contributed by atoms with Gasteiger partial charge in [0.15, 0.2) is 0 Å². The topological polar surface area (TPSA) is 3.24 Å². The first-order chi connectivity index (χ1) is 27.8. The van der Waals surface area contributed by atoms with Crippen molar-refractivity contribution in [2.75, 3.05) is 4.90 Å². The Morgan fingerprint density at radius 2 is 0.929 bits per heavy atom. The first-order valence-corrected chi connectivity index (χ1v) is 20.0. The van der Waals surface area contributed by atoms with Gasteiger partial charge < -0.3 is 4.90 Å². The molecule has 1 nitrogen and oxygen atoms in total. The molecule has 0 radical (unpaired) electrons. The highest BCUT2D eigenvalue weighted by Gasteiger charge is 2.20. The molecule has 0 fully saturated rings. The van der Waals surface area contributed by atoms with Gasteiger partial charge in [0.05, 0.1) is 5.69 Å². The van der Waals surface area contributed by atoms with E-state index in [9.17, 15) is 0 Å². The van der Waals surface area contributed by atoms with Crippen LogP contribution in [0.25, 0.3) is 85.9 Å². The van der Waals surface area contributed by atoms with Crippen molar-refractivity contribution in [1.82, 2.24) is 0 Å². The van der Waals surface area contributed by atoms with Crippen LogP contribution in [0, 0.1) is 0 Å². The first kappa shape index (κ1) is 32.4. The van der Waals surface area contributed by atoms with E-state index in [-0.39, 0.29) is 0 Å². The Kier molecular flexibility index (Phi) is 7.75. The molecule has 0 aliphatic heterocycles. The van der Waals surface area contributed by atoms with Crippen molar-refractivity contribution < 1.29 is 0 Å². The minimum Gasteiger partial charge on any atom is -0.310 e. The number of rotatable bonds is 6. The smallest absolute Gasteiger partial charge is 0.0540 e. The molecule has 2 heteroatoms. The van der Waals surface area contributed by atoms with Gasteiger partial charge in [-0.15, -0.1) is 11.3 Å². The van der Waals surface area contributed by atoms with Crippen LogP contribution in [-0.4, -0.2) is 0 Å². The molecule has 0 saturated heterocycles. The van der Waals surface area contributed by atoms with Crippen LogP contribution < -0.4 is 4.90 Å². The van der Waals surface area contributed by atoms with Crippen LogP contribution in [0.4, 0.5) is 17.1 Å². The minimum absolute atomic E-state index is 1.10. The molecule has 0 unspecified atom stereocenters. The maximum atomic E-state index is 2.44. The summed E-state index contributed by atoms with van der Waals surface area (Å²) in [6.45, 7) is 0. The highest BCUT2D eigenvalue weighted by molar-refractivity contribution is 7.25. The zero-order chi connectivity index (χ0) is 37.0. The van der Waals surface area contributed by atoms with Gasteiger partial charge in [0.25, 0.3) is 0 Å². The van der Waals surface area contributed by atoms with Crippen LogP contribution in [0.15, 0.2) is 212 Å². The number of anilines is 3. The van der Waals surface area contributed by atoms with Crippen LogP contribution in [0.5, 0.6) is 0 Å². The molecule has 0 N–H and O–H groups in total. The van der Waals surface area contributed by atoms with Crippen LogP contribution in [0.2, 0.25) is 0 Å². The van der Waals surface area contributed by atoms with Crippen LogP contribution in [-0.2, 0) is 0 Å². The summed E-state index contributed by atoms with van der Waals surface area (Å²) in [5.74, 6) is 0. The fourth-order valence-corrected chi connectivity index (χ4v) is 9.73. The number of hydrogen-bond acceptors (Lipinski definition) is 2. The Bertz CT molecular complexity index is 3260. The molecular weight excluding hydrogens is 695 g/mol. The summed E-state index contributed by atoms with van der Waals surface area (Å²) >= 11 is 1.87. The third-order valence-corrected chi connectivity index (χ3v) is 12.4. The predicted molar refractivity (Wildman–Crippen MR) is 243 cm³/mol. The van der Waals surface area contributed by atoms with Crippen molar-refractivity contribution in [3.05, 3.63) is 212 Å². The second kappa shape index (κ2) is 13.4. The van der Waals surface area contributed by atoms with Gasteiger partial charge in [-0.1, -0.05) is 158 Å². The summed E-state index contributed by atoms with van der Waals surface area (Å²) in [4.78, 5) is 2.44. The molecule has 11 rings (SSSR count). The van der Waals surface area contributed by atoms with E-state index in [4.69, 9.17) is 0 Å². The van der Waals surface area contributed by atoms with E-state index in [1.165, 1.54) is 85.9 Å². The van der Waals surface area contributed by atoms with Gasteiger partial charge in [-0.05, 0) is 115 Å². The summed E-state index contributed by atoms with van der Waals surface area (Å²) in [5.41, 5.74) is 10.6. The summed E-state index contributed by atoms with van der Waals surface area (Å²) in [5, 5.41) is 10.1. The minimum atomic E-state index is 1.10. The number of fused-ring (bicyclic) bond motifs is 7. The number of benzene rings is 10. The van der Waals surface area contributed by atoms with E-state index in [0.29, 0.717) is 0 Å². The van der Waals surface area contributed by atoms with Gasteiger partial charge in [-0.3, -0.25) is 0 Å². The second-order valence-corrected chi connectivity index (χ2v) is 15.6. The lowest BCUT2D eigenvalue weighted by atomic mass is 9.92. The molecule has 0 aliphatic carbocycles. The Morgan fingerprint density at radius 1 is 0.304 bits per heavy atom. The number of para-hydroxylation sites is 1.